The van der Waals surface area contributed by atoms with E-state index in [1.807, 2.05) is 48.5 Å². The number of carbonyl (C=O) groups is 2. The van der Waals surface area contributed by atoms with Crippen LogP contribution in [0.25, 0.3) is 10.8 Å². The van der Waals surface area contributed by atoms with Crippen molar-refractivity contribution in [3.8, 4) is 11.8 Å². The number of hydrogen-bond donors (Lipinski definition) is 1. The minimum Gasteiger partial charge on any atom is -0.468 e. The average molecular weight is 529 g/mol. The summed E-state index contributed by atoms with van der Waals surface area (Å²) >= 11 is 6.21. The van der Waals surface area contributed by atoms with E-state index < -0.39 is 17.6 Å². The second-order valence-corrected chi connectivity index (χ2v) is 9.67. The zero-order valence-electron chi connectivity index (χ0n) is 21.1. The van der Waals surface area contributed by atoms with Gasteiger partial charge in [-0.15, -0.1) is 0 Å². The first-order valence-electron chi connectivity index (χ1n) is 12.1. The number of nitrogens with zero attached hydrogens (tertiary/aromatic N) is 1. The lowest BCUT2D eigenvalue weighted by molar-refractivity contribution is -0.143. The number of hydrogen-bond acceptors (Lipinski definition) is 6. The second-order valence-electron chi connectivity index (χ2n) is 9.27. The average Bonchev–Trinajstić information content (AvgIpc) is 3.66. The minimum absolute atomic E-state index is 0.187. The summed E-state index contributed by atoms with van der Waals surface area (Å²) in [7, 11) is 1.43. The Morgan fingerprint density at radius 3 is 2.55 bits per heavy atom. The number of esters is 1. The summed E-state index contributed by atoms with van der Waals surface area (Å²) in [4.78, 5) is 24.8. The molecule has 1 amide bonds. The summed E-state index contributed by atoms with van der Waals surface area (Å²) in [5.41, 5.74) is 2.74. The molecule has 0 saturated heterocycles. The van der Waals surface area contributed by atoms with Crippen molar-refractivity contribution in [2.75, 3.05) is 12.4 Å². The zero-order valence-corrected chi connectivity index (χ0v) is 21.9. The summed E-state index contributed by atoms with van der Waals surface area (Å²) in [6.07, 6.45) is 0.370. The highest BCUT2D eigenvalue weighted by Gasteiger charge is 2.52. The molecule has 0 spiro atoms. The van der Waals surface area contributed by atoms with Gasteiger partial charge in [-0.3, -0.25) is 10.1 Å². The van der Waals surface area contributed by atoms with Crippen molar-refractivity contribution in [2.45, 2.75) is 38.2 Å². The first-order valence-corrected chi connectivity index (χ1v) is 12.5. The number of anilines is 1. The van der Waals surface area contributed by atoms with Crippen LogP contribution in [0, 0.1) is 18.8 Å². The van der Waals surface area contributed by atoms with Crippen LogP contribution in [-0.4, -0.2) is 24.3 Å². The van der Waals surface area contributed by atoms with E-state index in [0.717, 1.165) is 34.7 Å². The van der Waals surface area contributed by atoms with Crippen LogP contribution in [0.3, 0.4) is 0 Å². The van der Waals surface area contributed by atoms with Gasteiger partial charge in [0.15, 0.2) is 0 Å². The standard InChI is InChI=1S/C30H25ClN2O5/c1-18-27(32-29(35)37-19(2)24-6-4-5-7-25(24)31)26(38-33-18)13-9-20-8-10-22-17-23(12-11-21(22)16-20)30(14-15-30)28(34)36-3/h4-8,10-12,16-17,19H,14-15H2,1-3H3,(H,32,35). The normalized spacial score (nSPS) is 14.2. The molecule has 0 bridgehead atoms. The molecule has 1 aliphatic rings. The van der Waals surface area contributed by atoms with Crippen molar-refractivity contribution >= 4 is 40.1 Å². The van der Waals surface area contributed by atoms with Gasteiger partial charge in [0.25, 0.3) is 0 Å². The van der Waals surface area contributed by atoms with Gasteiger partial charge >= 0.3 is 12.1 Å². The van der Waals surface area contributed by atoms with E-state index in [-0.39, 0.29) is 11.7 Å². The molecule has 4 aromatic rings. The number of amides is 1. The first kappa shape index (κ1) is 25.4. The third kappa shape index (κ3) is 4.96. The Bertz CT molecular complexity index is 1610. The maximum absolute atomic E-state index is 12.6. The lowest BCUT2D eigenvalue weighted by atomic mass is 9.93. The van der Waals surface area contributed by atoms with Crippen LogP contribution >= 0.6 is 11.6 Å². The van der Waals surface area contributed by atoms with Gasteiger partial charge in [0.1, 0.15) is 17.5 Å². The van der Waals surface area contributed by atoms with E-state index in [9.17, 15) is 9.59 Å². The lowest BCUT2D eigenvalue weighted by Gasteiger charge is -2.15. The number of halogens is 1. The fourth-order valence-electron chi connectivity index (χ4n) is 4.44. The number of ether oxygens (including phenoxy) is 2. The molecule has 1 saturated carbocycles. The number of rotatable bonds is 5. The van der Waals surface area contributed by atoms with Crippen molar-refractivity contribution in [3.63, 3.8) is 0 Å². The van der Waals surface area contributed by atoms with Gasteiger partial charge in [0.2, 0.25) is 5.76 Å². The van der Waals surface area contributed by atoms with Crippen LogP contribution in [0.4, 0.5) is 10.5 Å². The van der Waals surface area contributed by atoms with Crippen molar-refractivity contribution in [3.05, 3.63) is 93.8 Å². The minimum atomic E-state index is -0.673. The number of aryl methyl sites for hydroxylation is 1. The van der Waals surface area contributed by atoms with E-state index in [0.29, 0.717) is 22.0 Å². The maximum Gasteiger partial charge on any atom is 0.412 e. The molecule has 38 heavy (non-hydrogen) atoms. The summed E-state index contributed by atoms with van der Waals surface area (Å²) in [6, 6.07) is 19.0. The van der Waals surface area contributed by atoms with Crippen LogP contribution in [0.2, 0.25) is 5.02 Å². The number of methoxy groups -OCH3 is 1. The van der Waals surface area contributed by atoms with Gasteiger partial charge in [-0.2, -0.15) is 0 Å². The molecule has 8 heteroatoms. The number of carbonyl (C=O) groups excluding carboxylic acids is 2. The van der Waals surface area contributed by atoms with Gasteiger partial charge in [-0.25, -0.2) is 4.79 Å². The maximum atomic E-state index is 12.6. The highest BCUT2D eigenvalue weighted by molar-refractivity contribution is 6.31. The summed E-state index contributed by atoms with van der Waals surface area (Å²) in [5, 5.41) is 9.14. The molecule has 0 radical (unpaired) electrons. The molecule has 7 nitrogen and oxygen atoms in total. The SMILES string of the molecule is COC(=O)C1(c2ccc3cc(C#Cc4onc(C)c4NC(=O)OC(C)c4ccccc4Cl)ccc3c2)CC1. The third-order valence-electron chi connectivity index (χ3n) is 6.76. The Kier molecular flexibility index (Phi) is 6.83. The van der Waals surface area contributed by atoms with Crippen molar-refractivity contribution in [1.82, 2.24) is 5.16 Å². The number of fused-ring (bicyclic) bond motifs is 1. The predicted molar refractivity (Wildman–Crippen MR) is 144 cm³/mol. The molecule has 1 unspecified atom stereocenters. The third-order valence-corrected chi connectivity index (χ3v) is 7.10. The fourth-order valence-corrected chi connectivity index (χ4v) is 4.73. The monoisotopic (exact) mass is 528 g/mol. The Hall–Kier alpha value is -4.28. The smallest absolute Gasteiger partial charge is 0.412 e. The molecule has 1 atom stereocenters. The van der Waals surface area contributed by atoms with Crippen LogP contribution in [0.5, 0.6) is 0 Å². The quantitative estimate of drug-likeness (QED) is 0.229. The Balaban J connectivity index is 1.32. The highest BCUT2D eigenvalue weighted by atomic mass is 35.5. The number of nitrogens with one attached hydrogen (secondary N) is 1. The van der Waals surface area contributed by atoms with E-state index in [1.165, 1.54) is 7.11 Å². The van der Waals surface area contributed by atoms with Crippen LogP contribution in [-0.2, 0) is 19.7 Å². The zero-order chi connectivity index (χ0) is 26.9. The second kappa shape index (κ2) is 10.2. The van der Waals surface area contributed by atoms with E-state index in [1.54, 1.807) is 26.0 Å². The molecule has 192 valence electrons. The first-order chi connectivity index (χ1) is 18.3. The van der Waals surface area contributed by atoms with Crippen LogP contribution in [0.15, 0.2) is 65.2 Å². The van der Waals surface area contributed by atoms with Gasteiger partial charge in [0, 0.05) is 16.1 Å². The summed E-state index contributed by atoms with van der Waals surface area (Å²) in [5.74, 6) is 6.05. The Morgan fingerprint density at radius 2 is 1.82 bits per heavy atom. The molecular weight excluding hydrogens is 504 g/mol. The highest BCUT2D eigenvalue weighted by Crippen LogP contribution is 2.49. The van der Waals surface area contributed by atoms with E-state index in [2.05, 4.69) is 22.3 Å². The molecule has 1 aromatic heterocycles. The molecule has 1 fully saturated rings. The van der Waals surface area contributed by atoms with Crippen LogP contribution in [0.1, 0.15) is 54.0 Å². The molecule has 1 heterocycles. The predicted octanol–water partition coefficient (Wildman–Crippen LogP) is 6.70. The van der Waals surface area contributed by atoms with Gasteiger partial charge in [-0.1, -0.05) is 65.1 Å². The Labute approximate surface area is 225 Å². The molecule has 0 aliphatic heterocycles. The van der Waals surface area contributed by atoms with E-state index in [4.69, 9.17) is 25.6 Å². The summed E-state index contributed by atoms with van der Waals surface area (Å²) in [6.45, 7) is 3.45. The number of benzene rings is 3. The molecule has 3 aromatic carbocycles. The molecule has 1 aliphatic carbocycles. The largest absolute Gasteiger partial charge is 0.468 e. The molecule has 5 rings (SSSR count). The fraction of sp³-hybridized carbons (Fsp3) is 0.233. The molecule has 1 N–H and O–H groups in total. The van der Waals surface area contributed by atoms with Crippen LogP contribution < -0.4 is 5.32 Å². The van der Waals surface area contributed by atoms with Crippen molar-refractivity contribution in [1.29, 1.82) is 0 Å². The Morgan fingerprint density at radius 1 is 1.08 bits per heavy atom. The van der Waals surface area contributed by atoms with Gasteiger partial charge in [-0.05, 0) is 67.1 Å². The van der Waals surface area contributed by atoms with Crippen molar-refractivity contribution in [2.24, 2.45) is 0 Å². The van der Waals surface area contributed by atoms with Gasteiger partial charge < -0.3 is 14.0 Å². The van der Waals surface area contributed by atoms with Crippen molar-refractivity contribution < 1.29 is 23.6 Å². The summed E-state index contributed by atoms with van der Waals surface area (Å²) < 4.78 is 15.8. The van der Waals surface area contributed by atoms with E-state index >= 15 is 0 Å². The lowest BCUT2D eigenvalue weighted by Crippen LogP contribution is -2.21. The topological polar surface area (TPSA) is 90.7 Å². The van der Waals surface area contributed by atoms with Gasteiger partial charge in [0.05, 0.1) is 12.5 Å². The molecular formula is C30H25ClN2O5. The number of aromatic nitrogens is 1.